The quantitative estimate of drug-likeness (QED) is 0.578. The first-order valence-corrected chi connectivity index (χ1v) is 6.66. The molecule has 1 aliphatic rings. The number of rotatable bonds is 3. The number of phenolic OH excluding ortho intramolecular Hbond substituents is 2. The lowest BCUT2D eigenvalue weighted by Crippen LogP contribution is -2.34. The number of carbonyl (C=O) groups is 1. The molecule has 1 aromatic carbocycles. The van der Waals surface area contributed by atoms with Crippen molar-refractivity contribution in [2.75, 3.05) is 0 Å². The standard InChI is InChI=1S/C15H19NO3/c17-13-8-6-11(10-14(13)18)7-9-15(19)16-12-4-2-1-3-5-12/h6-10,12,17-18H,1-5H2,(H,16,19). The molecule has 0 radical (unpaired) electrons. The normalized spacial score (nSPS) is 16.6. The minimum absolute atomic E-state index is 0.112. The van der Waals surface area contributed by atoms with Crippen molar-refractivity contribution in [3.63, 3.8) is 0 Å². The summed E-state index contributed by atoms with van der Waals surface area (Å²) in [7, 11) is 0. The third-order valence-electron chi connectivity index (χ3n) is 3.38. The average molecular weight is 261 g/mol. The van der Waals surface area contributed by atoms with Crippen LogP contribution in [-0.2, 0) is 4.79 Å². The largest absolute Gasteiger partial charge is 0.504 e. The topological polar surface area (TPSA) is 69.6 Å². The Bertz CT molecular complexity index is 476. The van der Waals surface area contributed by atoms with E-state index < -0.39 is 0 Å². The fraction of sp³-hybridized carbons (Fsp3) is 0.400. The first-order valence-electron chi connectivity index (χ1n) is 6.66. The van der Waals surface area contributed by atoms with Crippen LogP contribution in [0.3, 0.4) is 0 Å². The van der Waals surface area contributed by atoms with E-state index >= 15 is 0 Å². The Kier molecular flexibility index (Phi) is 4.44. The molecule has 4 nitrogen and oxygen atoms in total. The van der Waals surface area contributed by atoms with Gasteiger partial charge >= 0.3 is 0 Å². The molecule has 4 heteroatoms. The molecule has 0 atom stereocenters. The maximum absolute atomic E-state index is 11.7. The van der Waals surface area contributed by atoms with Crippen LogP contribution in [0.2, 0.25) is 0 Å². The zero-order chi connectivity index (χ0) is 13.7. The van der Waals surface area contributed by atoms with Crippen LogP contribution >= 0.6 is 0 Å². The highest BCUT2D eigenvalue weighted by atomic mass is 16.3. The number of amides is 1. The van der Waals surface area contributed by atoms with Crippen LogP contribution in [0.25, 0.3) is 6.08 Å². The zero-order valence-electron chi connectivity index (χ0n) is 10.8. The molecule has 1 saturated carbocycles. The van der Waals surface area contributed by atoms with E-state index in [0.29, 0.717) is 11.6 Å². The number of hydrogen-bond acceptors (Lipinski definition) is 3. The van der Waals surface area contributed by atoms with Gasteiger partial charge in [-0.25, -0.2) is 0 Å². The van der Waals surface area contributed by atoms with Gasteiger partial charge in [0.25, 0.3) is 0 Å². The lowest BCUT2D eigenvalue weighted by molar-refractivity contribution is -0.117. The molecular formula is C15H19NO3. The first kappa shape index (κ1) is 13.5. The van der Waals surface area contributed by atoms with Crippen molar-refractivity contribution in [3.05, 3.63) is 29.8 Å². The molecule has 0 saturated heterocycles. The predicted molar refractivity (Wildman–Crippen MR) is 73.8 cm³/mol. The fourth-order valence-corrected chi connectivity index (χ4v) is 2.31. The molecule has 3 N–H and O–H groups in total. The summed E-state index contributed by atoms with van der Waals surface area (Å²) in [6.07, 6.45) is 8.81. The molecule has 1 aliphatic carbocycles. The van der Waals surface area contributed by atoms with Crippen molar-refractivity contribution in [1.29, 1.82) is 0 Å². The molecule has 1 fully saturated rings. The van der Waals surface area contributed by atoms with Gasteiger partial charge in [-0.05, 0) is 36.6 Å². The number of carbonyl (C=O) groups excluding carboxylic acids is 1. The Morgan fingerprint density at radius 3 is 2.58 bits per heavy atom. The molecule has 19 heavy (non-hydrogen) atoms. The third-order valence-corrected chi connectivity index (χ3v) is 3.38. The highest BCUT2D eigenvalue weighted by molar-refractivity contribution is 5.92. The summed E-state index contributed by atoms with van der Waals surface area (Å²) < 4.78 is 0. The second-order valence-electron chi connectivity index (χ2n) is 4.93. The minimum Gasteiger partial charge on any atom is -0.504 e. The van der Waals surface area contributed by atoms with Gasteiger partial charge in [0.15, 0.2) is 11.5 Å². The van der Waals surface area contributed by atoms with Gasteiger partial charge in [0, 0.05) is 12.1 Å². The maximum atomic E-state index is 11.7. The van der Waals surface area contributed by atoms with Crippen LogP contribution in [-0.4, -0.2) is 22.2 Å². The van der Waals surface area contributed by atoms with Crippen molar-refractivity contribution >= 4 is 12.0 Å². The summed E-state index contributed by atoms with van der Waals surface area (Å²) in [4.78, 5) is 11.7. The van der Waals surface area contributed by atoms with E-state index in [1.54, 1.807) is 12.1 Å². The molecule has 0 unspecified atom stereocenters. The van der Waals surface area contributed by atoms with Crippen molar-refractivity contribution < 1.29 is 15.0 Å². The Hall–Kier alpha value is -1.97. The molecule has 1 aromatic rings. The molecule has 0 bridgehead atoms. The number of aromatic hydroxyl groups is 2. The third kappa shape index (κ3) is 4.02. The highest BCUT2D eigenvalue weighted by Crippen LogP contribution is 2.25. The summed E-state index contributed by atoms with van der Waals surface area (Å²) in [5.74, 6) is -0.460. The molecule has 2 rings (SSSR count). The van der Waals surface area contributed by atoms with Crippen molar-refractivity contribution in [3.8, 4) is 11.5 Å². The SMILES string of the molecule is O=C(C=Cc1ccc(O)c(O)c1)NC1CCCCC1. The second kappa shape index (κ2) is 6.27. The minimum atomic E-state index is -0.185. The van der Waals surface area contributed by atoms with Crippen LogP contribution in [0.4, 0.5) is 0 Å². The molecule has 0 aromatic heterocycles. The highest BCUT2D eigenvalue weighted by Gasteiger charge is 2.14. The van der Waals surface area contributed by atoms with Gasteiger partial charge < -0.3 is 15.5 Å². The lowest BCUT2D eigenvalue weighted by atomic mass is 9.95. The van der Waals surface area contributed by atoms with Gasteiger partial charge in [-0.2, -0.15) is 0 Å². The van der Waals surface area contributed by atoms with E-state index in [1.807, 2.05) is 0 Å². The summed E-state index contributed by atoms with van der Waals surface area (Å²) in [5, 5.41) is 21.5. The lowest BCUT2D eigenvalue weighted by Gasteiger charge is -2.21. The summed E-state index contributed by atoms with van der Waals surface area (Å²) in [6.45, 7) is 0. The number of nitrogens with one attached hydrogen (secondary N) is 1. The van der Waals surface area contributed by atoms with Gasteiger partial charge in [-0.1, -0.05) is 25.3 Å². The molecule has 0 spiro atoms. The summed E-state index contributed by atoms with van der Waals surface area (Å²) in [5.41, 5.74) is 0.675. The van der Waals surface area contributed by atoms with Gasteiger partial charge in [-0.15, -0.1) is 0 Å². The first-order chi connectivity index (χ1) is 9.15. The van der Waals surface area contributed by atoms with E-state index in [2.05, 4.69) is 5.32 Å². The summed E-state index contributed by atoms with van der Waals surface area (Å²) in [6, 6.07) is 4.74. The van der Waals surface area contributed by atoms with Crippen molar-refractivity contribution in [2.24, 2.45) is 0 Å². The van der Waals surface area contributed by atoms with Crippen LogP contribution < -0.4 is 5.32 Å². The van der Waals surface area contributed by atoms with Gasteiger partial charge in [0.1, 0.15) is 0 Å². The van der Waals surface area contributed by atoms with Crippen LogP contribution in [0, 0.1) is 0 Å². The van der Waals surface area contributed by atoms with Gasteiger partial charge in [0.05, 0.1) is 0 Å². The molecule has 102 valence electrons. The smallest absolute Gasteiger partial charge is 0.244 e. The number of benzene rings is 1. The predicted octanol–water partition coefficient (Wildman–Crippen LogP) is 2.56. The van der Waals surface area contributed by atoms with E-state index in [4.69, 9.17) is 0 Å². The molecule has 0 heterocycles. The van der Waals surface area contributed by atoms with E-state index in [1.165, 1.54) is 37.5 Å². The molecule has 1 amide bonds. The molecule has 0 aliphatic heterocycles. The number of phenols is 2. The average Bonchev–Trinajstić information content (AvgIpc) is 2.41. The van der Waals surface area contributed by atoms with Crippen molar-refractivity contribution in [1.82, 2.24) is 5.32 Å². The Balaban J connectivity index is 1.90. The Morgan fingerprint density at radius 2 is 1.89 bits per heavy atom. The maximum Gasteiger partial charge on any atom is 0.244 e. The van der Waals surface area contributed by atoms with Crippen LogP contribution in [0.15, 0.2) is 24.3 Å². The van der Waals surface area contributed by atoms with Crippen molar-refractivity contribution in [2.45, 2.75) is 38.1 Å². The number of hydrogen-bond donors (Lipinski definition) is 3. The Morgan fingerprint density at radius 1 is 1.16 bits per heavy atom. The van der Waals surface area contributed by atoms with E-state index in [0.717, 1.165) is 12.8 Å². The van der Waals surface area contributed by atoms with Gasteiger partial charge in [-0.3, -0.25) is 4.79 Å². The van der Waals surface area contributed by atoms with E-state index in [-0.39, 0.29) is 17.4 Å². The fourth-order valence-electron chi connectivity index (χ4n) is 2.31. The van der Waals surface area contributed by atoms with Crippen LogP contribution in [0.5, 0.6) is 11.5 Å². The van der Waals surface area contributed by atoms with E-state index in [9.17, 15) is 15.0 Å². The second-order valence-corrected chi connectivity index (χ2v) is 4.93. The van der Waals surface area contributed by atoms with Gasteiger partial charge in [0.2, 0.25) is 5.91 Å². The Labute approximate surface area is 112 Å². The van der Waals surface area contributed by atoms with Crippen LogP contribution in [0.1, 0.15) is 37.7 Å². The summed E-state index contributed by atoms with van der Waals surface area (Å²) >= 11 is 0. The zero-order valence-corrected chi connectivity index (χ0v) is 10.8. The monoisotopic (exact) mass is 261 g/mol. The molecular weight excluding hydrogens is 242 g/mol.